The monoisotopic (exact) mass is 294 g/mol. The third-order valence-electron chi connectivity index (χ3n) is 4.43. The molecular formula is C14H18N2O3S. The van der Waals surface area contributed by atoms with Crippen LogP contribution in [0.3, 0.4) is 0 Å². The van der Waals surface area contributed by atoms with Crippen LogP contribution in [-0.2, 0) is 21.1 Å². The van der Waals surface area contributed by atoms with Crippen LogP contribution in [0.5, 0.6) is 0 Å². The van der Waals surface area contributed by atoms with E-state index in [2.05, 4.69) is 5.32 Å². The number of nitrogens with one attached hydrogen (secondary N) is 1. The summed E-state index contributed by atoms with van der Waals surface area (Å²) >= 11 is 0. The van der Waals surface area contributed by atoms with Gasteiger partial charge in [0.25, 0.3) is 0 Å². The van der Waals surface area contributed by atoms with Crippen molar-refractivity contribution in [2.45, 2.75) is 36.1 Å². The van der Waals surface area contributed by atoms with E-state index in [9.17, 15) is 13.2 Å². The minimum absolute atomic E-state index is 0.223. The van der Waals surface area contributed by atoms with Gasteiger partial charge in [-0.05, 0) is 30.4 Å². The van der Waals surface area contributed by atoms with Crippen LogP contribution in [0, 0.1) is 0 Å². The molecule has 108 valence electrons. The first-order valence-electron chi connectivity index (χ1n) is 6.69. The van der Waals surface area contributed by atoms with Crippen molar-refractivity contribution >= 4 is 15.7 Å². The number of nitrogens with two attached hydrogens (primary N) is 1. The molecule has 1 aromatic carbocycles. The fourth-order valence-electron chi connectivity index (χ4n) is 2.95. The first kappa shape index (κ1) is 13.6. The van der Waals surface area contributed by atoms with E-state index < -0.39 is 20.5 Å². The summed E-state index contributed by atoms with van der Waals surface area (Å²) in [6, 6.07) is 7.31. The molecule has 1 fully saturated rings. The summed E-state index contributed by atoms with van der Waals surface area (Å²) in [6.07, 6.45) is 2.60. The van der Waals surface area contributed by atoms with Gasteiger partial charge in [-0.2, -0.15) is 0 Å². The van der Waals surface area contributed by atoms with Crippen LogP contribution in [0.2, 0.25) is 0 Å². The lowest BCUT2D eigenvalue weighted by atomic mass is 10.1. The topological polar surface area (TPSA) is 89.3 Å². The Balaban J connectivity index is 1.77. The van der Waals surface area contributed by atoms with Crippen molar-refractivity contribution in [1.82, 2.24) is 5.32 Å². The molecule has 2 atom stereocenters. The average Bonchev–Trinajstić information content (AvgIpc) is 3.14. The molecule has 0 saturated heterocycles. The molecule has 1 aromatic rings. The molecule has 3 rings (SSSR count). The first-order valence-corrected chi connectivity index (χ1v) is 8.58. The van der Waals surface area contributed by atoms with E-state index in [0.717, 1.165) is 17.4 Å². The summed E-state index contributed by atoms with van der Waals surface area (Å²) in [5.41, 5.74) is 8.30. The zero-order valence-electron chi connectivity index (χ0n) is 11.3. The molecule has 1 amide bonds. The van der Waals surface area contributed by atoms with Gasteiger partial charge in [-0.3, -0.25) is 4.79 Å². The van der Waals surface area contributed by atoms with Crippen LogP contribution in [0.15, 0.2) is 24.3 Å². The van der Waals surface area contributed by atoms with Gasteiger partial charge in [-0.15, -0.1) is 0 Å². The van der Waals surface area contributed by atoms with E-state index in [0.29, 0.717) is 19.3 Å². The maximum atomic E-state index is 12.3. The summed E-state index contributed by atoms with van der Waals surface area (Å²) < 4.78 is 22.3. The van der Waals surface area contributed by atoms with Gasteiger partial charge in [0.15, 0.2) is 14.6 Å². The molecule has 6 heteroatoms. The molecular weight excluding hydrogens is 276 g/mol. The Kier molecular flexibility index (Phi) is 2.92. The molecule has 0 unspecified atom stereocenters. The Hall–Kier alpha value is -1.40. The van der Waals surface area contributed by atoms with Crippen LogP contribution in [0.1, 0.15) is 30.0 Å². The quantitative estimate of drug-likeness (QED) is 0.839. The van der Waals surface area contributed by atoms with E-state index in [1.165, 1.54) is 0 Å². The fourth-order valence-corrected chi connectivity index (χ4v) is 4.19. The van der Waals surface area contributed by atoms with Gasteiger partial charge < -0.3 is 11.1 Å². The van der Waals surface area contributed by atoms with Crippen molar-refractivity contribution < 1.29 is 13.2 Å². The largest absolute Gasteiger partial charge is 0.350 e. The Bertz CT molecular complexity index is 665. The summed E-state index contributed by atoms with van der Waals surface area (Å²) in [5.74, 6) is -0.395. The van der Waals surface area contributed by atoms with Gasteiger partial charge in [0.05, 0.1) is 12.1 Å². The molecule has 0 heterocycles. The Labute approximate surface area is 118 Å². The number of carbonyl (C=O) groups excluding carboxylic acids is 1. The van der Waals surface area contributed by atoms with Gasteiger partial charge in [0.2, 0.25) is 5.91 Å². The number of hydrogen-bond donors (Lipinski definition) is 2. The van der Waals surface area contributed by atoms with Gasteiger partial charge in [0.1, 0.15) is 0 Å². The number of rotatable bonds is 3. The molecule has 0 bridgehead atoms. The third kappa shape index (κ3) is 1.94. The SMILES string of the molecule is CS(=O)(=O)C1(C(=O)N[C@@H]2Cc3ccccc3[C@H]2N)CC1. The normalized spacial score (nSPS) is 26.9. The van der Waals surface area contributed by atoms with Gasteiger partial charge >= 0.3 is 0 Å². The van der Waals surface area contributed by atoms with Crippen LogP contribution in [0.4, 0.5) is 0 Å². The highest BCUT2D eigenvalue weighted by Crippen LogP contribution is 2.43. The number of amides is 1. The van der Waals surface area contributed by atoms with Crippen molar-refractivity contribution in [2.24, 2.45) is 5.73 Å². The molecule has 3 N–H and O–H groups in total. The van der Waals surface area contributed by atoms with E-state index >= 15 is 0 Å². The standard InChI is InChI=1S/C14H18N2O3S/c1-20(18,19)14(6-7-14)13(17)16-11-8-9-4-2-3-5-10(9)12(11)15/h2-5,11-12H,6-8,15H2,1H3,(H,16,17)/t11-,12-/m1/s1. The second kappa shape index (κ2) is 4.30. The lowest BCUT2D eigenvalue weighted by Gasteiger charge is -2.21. The molecule has 20 heavy (non-hydrogen) atoms. The highest BCUT2D eigenvalue weighted by Gasteiger charge is 2.59. The minimum atomic E-state index is -3.37. The smallest absolute Gasteiger partial charge is 0.241 e. The summed E-state index contributed by atoms with van der Waals surface area (Å²) in [4.78, 5) is 12.3. The third-order valence-corrected chi connectivity index (χ3v) is 6.44. The van der Waals surface area contributed by atoms with E-state index in [-0.39, 0.29) is 12.1 Å². The number of sulfone groups is 1. The lowest BCUT2D eigenvalue weighted by molar-refractivity contribution is -0.122. The minimum Gasteiger partial charge on any atom is -0.350 e. The summed E-state index contributed by atoms with van der Waals surface area (Å²) in [6.45, 7) is 0. The Morgan fingerprint density at radius 3 is 2.55 bits per heavy atom. The van der Waals surface area contributed by atoms with Gasteiger partial charge in [-0.1, -0.05) is 24.3 Å². The predicted octanol–water partition coefficient (Wildman–Crippen LogP) is 0.305. The van der Waals surface area contributed by atoms with Gasteiger partial charge in [-0.25, -0.2) is 8.42 Å². The van der Waals surface area contributed by atoms with Crippen LogP contribution >= 0.6 is 0 Å². The molecule has 0 aliphatic heterocycles. The second-order valence-corrected chi connectivity index (χ2v) is 8.10. The molecule has 0 spiro atoms. The molecule has 2 aliphatic rings. The summed E-state index contributed by atoms with van der Waals surface area (Å²) in [7, 11) is -3.37. The number of carbonyl (C=O) groups is 1. The number of benzene rings is 1. The maximum absolute atomic E-state index is 12.3. The first-order chi connectivity index (χ1) is 9.35. The molecule has 2 aliphatic carbocycles. The zero-order chi connectivity index (χ0) is 14.5. The van der Waals surface area contributed by atoms with E-state index in [4.69, 9.17) is 5.73 Å². The fraction of sp³-hybridized carbons (Fsp3) is 0.500. The molecule has 0 radical (unpaired) electrons. The van der Waals surface area contributed by atoms with Crippen LogP contribution < -0.4 is 11.1 Å². The van der Waals surface area contributed by atoms with Crippen molar-refractivity contribution in [3.63, 3.8) is 0 Å². The van der Waals surface area contributed by atoms with Gasteiger partial charge in [0, 0.05) is 6.26 Å². The van der Waals surface area contributed by atoms with Crippen molar-refractivity contribution in [3.8, 4) is 0 Å². The number of fused-ring (bicyclic) bond motifs is 1. The summed E-state index contributed by atoms with van der Waals surface area (Å²) in [5, 5.41) is 2.84. The Morgan fingerprint density at radius 2 is 2.00 bits per heavy atom. The van der Waals surface area contributed by atoms with Crippen molar-refractivity contribution in [3.05, 3.63) is 35.4 Å². The van der Waals surface area contributed by atoms with Crippen molar-refractivity contribution in [2.75, 3.05) is 6.26 Å². The average molecular weight is 294 g/mol. The molecule has 0 aromatic heterocycles. The highest BCUT2D eigenvalue weighted by molar-refractivity contribution is 7.93. The predicted molar refractivity (Wildman–Crippen MR) is 75.8 cm³/mol. The number of hydrogen-bond acceptors (Lipinski definition) is 4. The highest BCUT2D eigenvalue weighted by atomic mass is 32.2. The second-order valence-electron chi connectivity index (χ2n) is 5.78. The molecule has 1 saturated carbocycles. The molecule has 5 nitrogen and oxygen atoms in total. The zero-order valence-corrected chi connectivity index (χ0v) is 12.1. The van der Waals surface area contributed by atoms with Crippen LogP contribution in [-0.4, -0.2) is 31.4 Å². The maximum Gasteiger partial charge on any atom is 0.241 e. The van der Waals surface area contributed by atoms with E-state index in [1.807, 2.05) is 24.3 Å². The van der Waals surface area contributed by atoms with Crippen LogP contribution in [0.25, 0.3) is 0 Å². The van der Waals surface area contributed by atoms with Crippen molar-refractivity contribution in [1.29, 1.82) is 0 Å². The lowest BCUT2D eigenvalue weighted by Crippen LogP contribution is -2.48. The van der Waals surface area contributed by atoms with E-state index in [1.54, 1.807) is 0 Å². The Morgan fingerprint density at radius 1 is 1.35 bits per heavy atom.